The van der Waals surface area contributed by atoms with E-state index in [1.807, 2.05) is 6.92 Å². The summed E-state index contributed by atoms with van der Waals surface area (Å²) in [6.45, 7) is 2.86. The molecule has 2 aliphatic heterocycles. The Morgan fingerprint density at radius 3 is 2.56 bits per heavy atom. The molecule has 0 saturated carbocycles. The fraction of sp³-hybridized carbons (Fsp3) is 0.409. The number of hydrogen-bond acceptors (Lipinski definition) is 5. The minimum absolute atomic E-state index is 0.0437. The number of cyclic esters (lactones) is 1. The van der Waals surface area contributed by atoms with Crippen molar-refractivity contribution in [2.75, 3.05) is 19.7 Å². The Kier molecular flexibility index (Phi) is 5.46. The molecule has 0 radical (unpaired) electrons. The Hall–Kier alpha value is -3.21. The quantitative estimate of drug-likeness (QED) is 0.524. The van der Waals surface area contributed by atoms with Gasteiger partial charge in [0, 0.05) is 36.5 Å². The zero-order chi connectivity index (χ0) is 24.2. The standard InChI is InChI=1S/C22H20ClF3N4O4/c1-12-10-34-21(32)30(12)15-2-5-28(6-3-15)20(31)17-18(23)29-9-14(13-4-7-33-11-13)8-16(19(29)27-17)22(24,25)26/h4,7-9,11-12,15H,2-3,5-6,10H2,1H3. The van der Waals surface area contributed by atoms with Gasteiger partial charge in [-0.05, 0) is 31.9 Å². The summed E-state index contributed by atoms with van der Waals surface area (Å²) in [7, 11) is 0. The van der Waals surface area contributed by atoms with Crippen molar-refractivity contribution < 1.29 is 31.9 Å². The fourth-order valence-corrected chi connectivity index (χ4v) is 4.83. The third-order valence-corrected chi connectivity index (χ3v) is 6.66. The van der Waals surface area contributed by atoms with Crippen LogP contribution < -0.4 is 0 Å². The Morgan fingerprint density at radius 2 is 1.97 bits per heavy atom. The molecular formula is C22H20ClF3N4O4. The second-order valence-electron chi connectivity index (χ2n) is 8.45. The van der Waals surface area contributed by atoms with E-state index < -0.39 is 23.3 Å². The van der Waals surface area contributed by atoms with Gasteiger partial charge >= 0.3 is 12.3 Å². The molecule has 0 spiro atoms. The number of fused-ring (bicyclic) bond motifs is 1. The first kappa shape index (κ1) is 22.6. The Labute approximate surface area is 196 Å². The SMILES string of the molecule is CC1COC(=O)N1C1CCN(C(=O)c2nc3c(C(F)(F)F)cc(-c4ccoc4)cn3c2Cl)CC1. The van der Waals surface area contributed by atoms with Crippen molar-refractivity contribution in [1.29, 1.82) is 0 Å². The number of aromatic nitrogens is 2. The molecule has 8 nitrogen and oxygen atoms in total. The highest BCUT2D eigenvalue weighted by molar-refractivity contribution is 6.33. The van der Waals surface area contributed by atoms with E-state index in [0.29, 0.717) is 38.1 Å². The highest BCUT2D eigenvalue weighted by atomic mass is 35.5. The van der Waals surface area contributed by atoms with Gasteiger partial charge in [0.25, 0.3) is 5.91 Å². The van der Waals surface area contributed by atoms with E-state index in [1.54, 1.807) is 4.90 Å². The van der Waals surface area contributed by atoms with E-state index in [4.69, 9.17) is 20.8 Å². The summed E-state index contributed by atoms with van der Waals surface area (Å²) in [4.78, 5) is 32.4. The second kappa shape index (κ2) is 8.23. The normalized spacial score (nSPS) is 19.8. The van der Waals surface area contributed by atoms with E-state index in [-0.39, 0.29) is 34.6 Å². The summed E-state index contributed by atoms with van der Waals surface area (Å²) in [5, 5.41) is -0.199. The average Bonchev–Trinajstić information content (AvgIpc) is 3.52. The number of amides is 2. The van der Waals surface area contributed by atoms with Crippen LogP contribution in [0.1, 0.15) is 35.8 Å². The predicted molar refractivity (Wildman–Crippen MR) is 114 cm³/mol. The highest BCUT2D eigenvalue weighted by Gasteiger charge is 2.39. The Bertz CT molecular complexity index is 1250. The summed E-state index contributed by atoms with van der Waals surface area (Å²) in [5.41, 5.74) is -1.05. The molecule has 2 saturated heterocycles. The minimum atomic E-state index is -4.71. The van der Waals surface area contributed by atoms with Gasteiger partial charge in [0.1, 0.15) is 11.8 Å². The second-order valence-corrected chi connectivity index (χ2v) is 8.81. The molecule has 2 fully saturated rings. The molecular weight excluding hydrogens is 477 g/mol. The lowest BCUT2D eigenvalue weighted by molar-refractivity contribution is -0.136. The Morgan fingerprint density at radius 1 is 1.24 bits per heavy atom. The lowest BCUT2D eigenvalue weighted by Crippen LogP contribution is -2.49. The Balaban J connectivity index is 1.44. The van der Waals surface area contributed by atoms with Crippen molar-refractivity contribution in [2.45, 2.75) is 38.0 Å². The molecule has 0 aliphatic carbocycles. The number of ether oxygens (including phenoxy) is 1. The van der Waals surface area contributed by atoms with Crippen LogP contribution in [0.3, 0.4) is 0 Å². The first-order chi connectivity index (χ1) is 16.1. The third kappa shape index (κ3) is 3.77. The summed E-state index contributed by atoms with van der Waals surface area (Å²) >= 11 is 6.39. The van der Waals surface area contributed by atoms with Crippen LogP contribution in [0.4, 0.5) is 18.0 Å². The fourth-order valence-electron chi connectivity index (χ4n) is 4.58. The molecule has 0 bridgehead atoms. The lowest BCUT2D eigenvalue weighted by Gasteiger charge is -2.36. The van der Waals surface area contributed by atoms with Crippen LogP contribution in [-0.2, 0) is 10.9 Å². The number of carbonyl (C=O) groups excluding carboxylic acids is 2. The van der Waals surface area contributed by atoms with Crippen molar-refractivity contribution in [3.63, 3.8) is 0 Å². The number of imidazole rings is 1. The van der Waals surface area contributed by atoms with Crippen LogP contribution in [0.25, 0.3) is 16.8 Å². The van der Waals surface area contributed by atoms with Crippen LogP contribution in [0.2, 0.25) is 5.15 Å². The van der Waals surface area contributed by atoms with Crippen LogP contribution in [0.5, 0.6) is 0 Å². The van der Waals surface area contributed by atoms with Crippen molar-refractivity contribution in [3.8, 4) is 11.1 Å². The van der Waals surface area contributed by atoms with Gasteiger partial charge in [0.15, 0.2) is 11.3 Å². The molecule has 180 valence electrons. The van der Waals surface area contributed by atoms with Gasteiger partial charge in [-0.25, -0.2) is 9.78 Å². The van der Waals surface area contributed by atoms with Crippen LogP contribution >= 0.6 is 11.6 Å². The predicted octanol–water partition coefficient (Wildman–Crippen LogP) is 4.71. The number of furan rings is 1. The van der Waals surface area contributed by atoms with Gasteiger partial charge in [0.05, 0.1) is 24.1 Å². The third-order valence-electron chi connectivity index (χ3n) is 6.30. The molecule has 5 rings (SSSR count). The topological polar surface area (TPSA) is 80.3 Å². The van der Waals surface area contributed by atoms with Crippen molar-refractivity contribution >= 4 is 29.2 Å². The molecule has 12 heteroatoms. The maximum atomic E-state index is 13.8. The number of piperidine rings is 1. The summed E-state index contributed by atoms with van der Waals surface area (Å²) < 4.78 is 52.6. The lowest BCUT2D eigenvalue weighted by atomic mass is 10.0. The number of nitrogens with zero attached hydrogens (tertiary/aromatic N) is 4. The molecule has 5 heterocycles. The number of pyridine rings is 1. The molecule has 3 aromatic rings. The van der Waals surface area contributed by atoms with E-state index in [0.717, 1.165) is 10.5 Å². The number of halogens is 4. The monoisotopic (exact) mass is 496 g/mol. The molecule has 3 aromatic heterocycles. The van der Waals surface area contributed by atoms with Crippen molar-refractivity contribution in [2.24, 2.45) is 0 Å². The number of hydrogen-bond donors (Lipinski definition) is 0. The largest absolute Gasteiger partial charge is 0.472 e. The van der Waals surface area contributed by atoms with E-state index in [9.17, 15) is 22.8 Å². The van der Waals surface area contributed by atoms with Crippen LogP contribution in [-0.4, -0.2) is 63.0 Å². The van der Waals surface area contributed by atoms with Crippen molar-refractivity contribution in [1.82, 2.24) is 19.2 Å². The summed E-state index contributed by atoms with van der Waals surface area (Å²) in [5.74, 6) is -0.554. The van der Waals surface area contributed by atoms with Gasteiger partial charge in [-0.3, -0.25) is 14.1 Å². The van der Waals surface area contributed by atoms with Gasteiger partial charge in [0.2, 0.25) is 0 Å². The van der Waals surface area contributed by atoms with Crippen LogP contribution in [0, 0.1) is 0 Å². The maximum Gasteiger partial charge on any atom is 0.420 e. The van der Waals surface area contributed by atoms with Crippen molar-refractivity contribution in [3.05, 3.63) is 47.3 Å². The molecule has 34 heavy (non-hydrogen) atoms. The molecule has 0 N–H and O–H groups in total. The van der Waals surface area contributed by atoms with Gasteiger partial charge < -0.3 is 14.1 Å². The molecule has 0 aromatic carbocycles. The molecule has 2 aliphatic rings. The smallest absolute Gasteiger partial charge is 0.420 e. The number of rotatable bonds is 3. The zero-order valence-electron chi connectivity index (χ0n) is 18.0. The minimum Gasteiger partial charge on any atom is -0.472 e. The van der Waals surface area contributed by atoms with Gasteiger partial charge in [-0.15, -0.1) is 0 Å². The van der Waals surface area contributed by atoms with E-state index >= 15 is 0 Å². The highest BCUT2D eigenvalue weighted by Crippen LogP contribution is 2.37. The molecule has 1 unspecified atom stereocenters. The average molecular weight is 497 g/mol. The zero-order valence-corrected chi connectivity index (χ0v) is 18.8. The first-order valence-corrected chi connectivity index (χ1v) is 11.1. The van der Waals surface area contributed by atoms with E-state index in [2.05, 4.69) is 4.98 Å². The summed E-state index contributed by atoms with van der Waals surface area (Å²) in [6, 6.07) is 2.37. The number of alkyl halides is 3. The summed E-state index contributed by atoms with van der Waals surface area (Å²) in [6.07, 6.45) is 0.0315. The van der Waals surface area contributed by atoms with E-state index in [1.165, 1.54) is 29.7 Å². The van der Waals surface area contributed by atoms with Gasteiger partial charge in [-0.1, -0.05) is 11.6 Å². The first-order valence-electron chi connectivity index (χ1n) is 10.7. The molecule has 1 atom stereocenters. The van der Waals surface area contributed by atoms with Crippen LogP contribution in [0.15, 0.2) is 35.3 Å². The van der Waals surface area contributed by atoms with Gasteiger partial charge in [-0.2, -0.15) is 13.2 Å². The number of likely N-dealkylation sites (tertiary alicyclic amines) is 1. The maximum absolute atomic E-state index is 13.8. The molecule has 2 amide bonds. The number of carbonyl (C=O) groups is 2.